The van der Waals surface area contributed by atoms with Crippen LogP contribution in [0.1, 0.15) is 0 Å². The number of aromatic hydroxyl groups is 2. The lowest BCUT2D eigenvalue weighted by Gasteiger charge is -2.09. The highest BCUT2D eigenvalue weighted by atomic mass is 16.3. The summed E-state index contributed by atoms with van der Waals surface area (Å²) in [6.07, 6.45) is 0. The Kier molecular flexibility index (Phi) is 2.55. The lowest BCUT2D eigenvalue weighted by atomic mass is 10.2. The Labute approximate surface area is 93.0 Å². The minimum absolute atomic E-state index is 0.0443. The van der Waals surface area contributed by atoms with Gasteiger partial charge in [0.05, 0.1) is 11.4 Å². The molecule has 5 N–H and O–H groups in total. The van der Waals surface area contributed by atoms with Crippen molar-refractivity contribution in [2.75, 3.05) is 11.1 Å². The van der Waals surface area contributed by atoms with Crippen LogP contribution in [0.4, 0.5) is 17.1 Å². The van der Waals surface area contributed by atoms with E-state index >= 15 is 0 Å². The molecule has 4 heteroatoms. The number of hydrogen-bond acceptors (Lipinski definition) is 4. The molecule has 82 valence electrons. The van der Waals surface area contributed by atoms with Crippen LogP contribution < -0.4 is 11.1 Å². The number of nitrogen functional groups attached to an aromatic ring is 1. The van der Waals surface area contributed by atoms with Gasteiger partial charge in [0.1, 0.15) is 11.5 Å². The molecule has 2 rings (SSSR count). The van der Waals surface area contributed by atoms with E-state index < -0.39 is 0 Å². The number of phenolic OH excluding ortho intramolecular Hbond substituents is 2. The normalized spacial score (nSPS) is 10.0. The van der Waals surface area contributed by atoms with Crippen molar-refractivity contribution < 1.29 is 10.2 Å². The summed E-state index contributed by atoms with van der Waals surface area (Å²) in [6.45, 7) is 0. The summed E-state index contributed by atoms with van der Waals surface area (Å²) in [4.78, 5) is 0. The highest BCUT2D eigenvalue weighted by Gasteiger charge is 2.02. The van der Waals surface area contributed by atoms with Gasteiger partial charge in [-0.1, -0.05) is 12.1 Å². The van der Waals surface area contributed by atoms with E-state index in [0.29, 0.717) is 17.1 Å². The first-order valence-electron chi connectivity index (χ1n) is 4.80. The summed E-state index contributed by atoms with van der Waals surface area (Å²) < 4.78 is 0. The molecule has 0 atom stereocenters. The van der Waals surface area contributed by atoms with Gasteiger partial charge in [0.25, 0.3) is 0 Å². The lowest BCUT2D eigenvalue weighted by molar-refractivity contribution is 0.478. The zero-order valence-electron chi connectivity index (χ0n) is 8.51. The van der Waals surface area contributed by atoms with Gasteiger partial charge in [-0.2, -0.15) is 0 Å². The zero-order chi connectivity index (χ0) is 11.5. The summed E-state index contributed by atoms with van der Waals surface area (Å²) in [5.41, 5.74) is 7.15. The standard InChI is InChI=1S/C12H12N2O2/c13-9-7-8(5-6-11(9)15)14-10-3-1-2-4-12(10)16/h1-7,14-16H,13H2. The summed E-state index contributed by atoms with van der Waals surface area (Å²) in [7, 11) is 0. The molecular weight excluding hydrogens is 204 g/mol. The van der Waals surface area contributed by atoms with Gasteiger partial charge in [0.15, 0.2) is 0 Å². The molecule has 0 aliphatic heterocycles. The van der Waals surface area contributed by atoms with Crippen LogP contribution in [0, 0.1) is 0 Å². The van der Waals surface area contributed by atoms with Gasteiger partial charge in [0, 0.05) is 5.69 Å². The van der Waals surface area contributed by atoms with Crippen molar-refractivity contribution in [2.24, 2.45) is 0 Å². The van der Waals surface area contributed by atoms with Crippen LogP contribution in [0.25, 0.3) is 0 Å². The molecule has 0 heterocycles. The molecule has 0 fully saturated rings. The Morgan fingerprint density at radius 2 is 1.69 bits per heavy atom. The molecule has 0 spiro atoms. The second-order valence-corrected chi connectivity index (χ2v) is 3.42. The molecule has 0 unspecified atom stereocenters. The molecule has 4 nitrogen and oxygen atoms in total. The van der Waals surface area contributed by atoms with Crippen LogP contribution in [0.5, 0.6) is 11.5 Å². The van der Waals surface area contributed by atoms with Crippen LogP contribution in [-0.4, -0.2) is 10.2 Å². The highest BCUT2D eigenvalue weighted by Crippen LogP contribution is 2.29. The Hall–Kier alpha value is -2.36. The topological polar surface area (TPSA) is 78.5 Å². The number of para-hydroxylation sites is 2. The number of hydrogen-bond donors (Lipinski definition) is 4. The molecule has 16 heavy (non-hydrogen) atoms. The molecule has 0 bridgehead atoms. The van der Waals surface area contributed by atoms with Gasteiger partial charge in [-0.25, -0.2) is 0 Å². The molecule has 2 aromatic carbocycles. The maximum Gasteiger partial charge on any atom is 0.139 e. The molecule has 0 amide bonds. The first-order chi connectivity index (χ1) is 7.66. The van der Waals surface area contributed by atoms with Gasteiger partial charge in [-0.3, -0.25) is 0 Å². The smallest absolute Gasteiger partial charge is 0.139 e. The van der Waals surface area contributed by atoms with E-state index in [1.54, 1.807) is 30.3 Å². The van der Waals surface area contributed by atoms with Crippen molar-refractivity contribution in [1.82, 2.24) is 0 Å². The van der Waals surface area contributed by atoms with Crippen LogP contribution in [0.2, 0.25) is 0 Å². The summed E-state index contributed by atoms with van der Waals surface area (Å²) >= 11 is 0. The van der Waals surface area contributed by atoms with Crippen molar-refractivity contribution >= 4 is 17.1 Å². The summed E-state index contributed by atoms with van der Waals surface area (Å²) in [5.74, 6) is 0.206. The van der Waals surface area contributed by atoms with Crippen molar-refractivity contribution in [1.29, 1.82) is 0 Å². The molecule has 2 aromatic rings. The third-order valence-corrected chi connectivity index (χ3v) is 2.21. The summed E-state index contributed by atoms with van der Waals surface area (Å²) in [6, 6.07) is 11.7. The van der Waals surface area contributed by atoms with Crippen molar-refractivity contribution in [3.8, 4) is 11.5 Å². The molecule has 0 saturated heterocycles. The number of rotatable bonds is 2. The molecule has 0 radical (unpaired) electrons. The highest BCUT2D eigenvalue weighted by molar-refractivity contribution is 5.70. The van der Waals surface area contributed by atoms with E-state index in [4.69, 9.17) is 5.73 Å². The van der Waals surface area contributed by atoms with E-state index in [2.05, 4.69) is 5.32 Å². The Morgan fingerprint density at radius 3 is 2.38 bits per heavy atom. The monoisotopic (exact) mass is 216 g/mol. The van der Waals surface area contributed by atoms with E-state index in [1.807, 2.05) is 6.07 Å². The number of nitrogens with one attached hydrogen (secondary N) is 1. The minimum atomic E-state index is 0.0443. The second-order valence-electron chi connectivity index (χ2n) is 3.42. The Balaban J connectivity index is 2.28. The average molecular weight is 216 g/mol. The van der Waals surface area contributed by atoms with E-state index in [9.17, 15) is 10.2 Å². The van der Waals surface area contributed by atoms with Crippen molar-refractivity contribution in [3.63, 3.8) is 0 Å². The van der Waals surface area contributed by atoms with Crippen LogP contribution in [-0.2, 0) is 0 Å². The van der Waals surface area contributed by atoms with Crippen LogP contribution in [0.3, 0.4) is 0 Å². The largest absolute Gasteiger partial charge is 0.506 e. The Bertz CT molecular complexity index is 512. The molecule has 0 aromatic heterocycles. The predicted molar refractivity (Wildman–Crippen MR) is 63.9 cm³/mol. The van der Waals surface area contributed by atoms with E-state index in [-0.39, 0.29) is 11.5 Å². The first kappa shape index (κ1) is 10.2. The van der Waals surface area contributed by atoms with Crippen molar-refractivity contribution in [3.05, 3.63) is 42.5 Å². The number of anilines is 3. The SMILES string of the molecule is Nc1cc(Nc2ccccc2O)ccc1O. The van der Waals surface area contributed by atoms with Crippen molar-refractivity contribution in [2.45, 2.75) is 0 Å². The fourth-order valence-electron chi connectivity index (χ4n) is 1.37. The summed E-state index contributed by atoms with van der Waals surface area (Å²) in [5, 5.41) is 21.8. The van der Waals surface area contributed by atoms with E-state index in [1.165, 1.54) is 6.07 Å². The third-order valence-electron chi connectivity index (χ3n) is 2.21. The third kappa shape index (κ3) is 2.00. The minimum Gasteiger partial charge on any atom is -0.506 e. The second kappa shape index (κ2) is 4.02. The van der Waals surface area contributed by atoms with E-state index in [0.717, 1.165) is 0 Å². The molecule has 0 saturated carbocycles. The van der Waals surface area contributed by atoms with Gasteiger partial charge in [0.2, 0.25) is 0 Å². The first-order valence-corrected chi connectivity index (χ1v) is 4.80. The van der Waals surface area contributed by atoms with Gasteiger partial charge < -0.3 is 21.3 Å². The maximum atomic E-state index is 9.55. The lowest BCUT2D eigenvalue weighted by Crippen LogP contribution is -1.92. The predicted octanol–water partition coefficient (Wildman–Crippen LogP) is 2.42. The Morgan fingerprint density at radius 1 is 0.938 bits per heavy atom. The fourth-order valence-corrected chi connectivity index (χ4v) is 1.37. The molecular formula is C12H12N2O2. The average Bonchev–Trinajstić information content (AvgIpc) is 2.27. The van der Waals surface area contributed by atoms with Crippen LogP contribution in [0.15, 0.2) is 42.5 Å². The van der Waals surface area contributed by atoms with Crippen LogP contribution >= 0.6 is 0 Å². The maximum absolute atomic E-state index is 9.55. The van der Waals surface area contributed by atoms with Gasteiger partial charge in [-0.15, -0.1) is 0 Å². The van der Waals surface area contributed by atoms with Gasteiger partial charge in [-0.05, 0) is 30.3 Å². The number of nitrogens with two attached hydrogens (primary N) is 1. The molecule has 0 aliphatic carbocycles. The zero-order valence-corrected chi connectivity index (χ0v) is 8.51. The fraction of sp³-hybridized carbons (Fsp3) is 0. The van der Waals surface area contributed by atoms with Gasteiger partial charge >= 0.3 is 0 Å². The quantitative estimate of drug-likeness (QED) is 0.353. The molecule has 0 aliphatic rings. The number of phenols is 2. The number of benzene rings is 2.